The number of rotatable bonds is 2. The van der Waals surface area contributed by atoms with Crippen molar-refractivity contribution in [2.45, 2.75) is 6.10 Å². The van der Waals surface area contributed by atoms with Gasteiger partial charge in [0, 0.05) is 12.1 Å². The number of carbonyl (C=O) groups excluding carboxylic acids is 1. The number of hydrogen-bond acceptors (Lipinski definition) is 3. The zero-order chi connectivity index (χ0) is 15.0. The Balaban J connectivity index is 1.91. The largest absolute Gasteiger partial charge is 0.485 e. The number of para-hydroxylation sites is 2. The van der Waals surface area contributed by atoms with Crippen LogP contribution >= 0.6 is 0 Å². The van der Waals surface area contributed by atoms with Crippen molar-refractivity contribution >= 4 is 5.78 Å². The molecule has 0 spiro atoms. The van der Waals surface area contributed by atoms with Crippen LogP contribution in [0.1, 0.15) is 10.4 Å². The summed E-state index contributed by atoms with van der Waals surface area (Å²) in [6.07, 6.45) is -1.19. The van der Waals surface area contributed by atoms with Crippen LogP contribution in [-0.2, 0) is 0 Å². The van der Waals surface area contributed by atoms with E-state index >= 15 is 0 Å². The molecule has 3 rings (SSSR count). The second-order valence-corrected chi connectivity index (χ2v) is 4.47. The van der Waals surface area contributed by atoms with E-state index in [9.17, 15) is 18.0 Å². The van der Waals surface area contributed by atoms with Gasteiger partial charge in [-0.1, -0.05) is 12.1 Å². The highest BCUT2D eigenvalue weighted by Crippen LogP contribution is 2.32. The summed E-state index contributed by atoms with van der Waals surface area (Å²) in [4.78, 5) is 12.2. The average molecular weight is 294 g/mol. The number of Topliss-reactive ketones (excluding diaryl/α,β-unsaturated/α-hetero) is 1. The molecule has 0 bridgehead atoms. The predicted molar refractivity (Wildman–Crippen MR) is 67.0 cm³/mol. The molecule has 2 aromatic rings. The number of halogens is 3. The normalized spacial score (nSPS) is 16.6. The van der Waals surface area contributed by atoms with Crippen LogP contribution in [0.4, 0.5) is 13.2 Å². The number of carbonyl (C=O) groups is 1. The Morgan fingerprint density at radius 1 is 1.05 bits per heavy atom. The first-order valence-corrected chi connectivity index (χ1v) is 6.13. The van der Waals surface area contributed by atoms with Crippen LogP contribution in [0, 0.1) is 17.5 Å². The van der Waals surface area contributed by atoms with Gasteiger partial charge in [0.1, 0.15) is 24.1 Å². The Morgan fingerprint density at radius 2 is 1.67 bits per heavy atom. The third-order valence-electron chi connectivity index (χ3n) is 3.05. The lowest BCUT2D eigenvalue weighted by Crippen LogP contribution is -2.37. The zero-order valence-corrected chi connectivity index (χ0v) is 10.6. The van der Waals surface area contributed by atoms with Crippen LogP contribution in [-0.4, -0.2) is 18.5 Å². The van der Waals surface area contributed by atoms with E-state index in [2.05, 4.69) is 0 Å². The van der Waals surface area contributed by atoms with E-state index in [0.29, 0.717) is 23.6 Å². The summed E-state index contributed by atoms with van der Waals surface area (Å²) in [6.45, 7) is -0.175. The molecule has 3 nitrogen and oxygen atoms in total. The Hall–Kier alpha value is -2.50. The fourth-order valence-corrected chi connectivity index (χ4v) is 2.09. The van der Waals surface area contributed by atoms with Crippen LogP contribution in [0.25, 0.3) is 0 Å². The highest BCUT2D eigenvalue weighted by Gasteiger charge is 2.32. The lowest BCUT2D eigenvalue weighted by atomic mass is 10.0. The van der Waals surface area contributed by atoms with E-state index < -0.39 is 34.9 Å². The summed E-state index contributed by atoms with van der Waals surface area (Å²) in [7, 11) is 0. The van der Waals surface area contributed by atoms with Crippen LogP contribution in [0.3, 0.4) is 0 Å². The highest BCUT2D eigenvalue weighted by molar-refractivity contribution is 6.00. The average Bonchev–Trinajstić information content (AvgIpc) is 2.45. The van der Waals surface area contributed by atoms with Gasteiger partial charge >= 0.3 is 0 Å². The van der Waals surface area contributed by atoms with Crippen molar-refractivity contribution in [2.75, 3.05) is 6.61 Å². The molecule has 0 aromatic heterocycles. The molecule has 21 heavy (non-hydrogen) atoms. The molecule has 108 valence electrons. The van der Waals surface area contributed by atoms with Gasteiger partial charge in [-0.05, 0) is 12.1 Å². The Bertz CT molecular complexity index is 692. The van der Waals surface area contributed by atoms with Crippen LogP contribution in [0.5, 0.6) is 11.5 Å². The fourth-order valence-electron chi connectivity index (χ4n) is 2.09. The summed E-state index contributed by atoms with van der Waals surface area (Å²) >= 11 is 0. The molecular weight excluding hydrogens is 285 g/mol. The third kappa shape index (κ3) is 2.44. The van der Waals surface area contributed by atoms with E-state index in [1.54, 1.807) is 24.3 Å². The maximum atomic E-state index is 13.6. The van der Waals surface area contributed by atoms with Crippen molar-refractivity contribution in [3.05, 3.63) is 59.4 Å². The van der Waals surface area contributed by atoms with Gasteiger partial charge in [-0.15, -0.1) is 0 Å². The molecule has 0 radical (unpaired) electrons. The molecule has 0 fully saturated rings. The summed E-state index contributed by atoms with van der Waals surface area (Å²) in [5, 5.41) is 0. The second kappa shape index (κ2) is 5.12. The highest BCUT2D eigenvalue weighted by atomic mass is 19.1. The number of hydrogen-bond donors (Lipinski definition) is 0. The van der Waals surface area contributed by atoms with Crippen molar-refractivity contribution in [3.8, 4) is 11.5 Å². The summed E-state index contributed by atoms with van der Waals surface area (Å²) in [5.41, 5.74) is -0.829. The second-order valence-electron chi connectivity index (χ2n) is 4.47. The van der Waals surface area contributed by atoms with Gasteiger partial charge in [0.25, 0.3) is 0 Å². The lowest BCUT2D eigenvalue weighted by molar-refractivity contribution is 0.0577. The molecule has 1 aliphatic rings. The summed E-state index contributed by atoms with van der Waals surface area (Å²) in [5.74, 6) is -3.79. The zero-order valence-electron chi connectivity index (χ0n) is 10.6. The Kier molecular flexibility index (Phi) is 3.29. The smallest absolute Gasteiger partial charge is 0.212 e. The maximum absolute atomic E-state index is 13.6. The Labute approximate surface area is 117 Å². The lowest BCUT2D eigenvalue weighted by Gasteiger charge is -2.25. The molecule has 0 saturated carbocycles. The van der Waals surface area contributed by atoms with E-state index in [1.165, 1.54) is 0 Å². The molecule has 0 amide bonds. The molecule has 2 aromatic carbocycles. The van der Waals surface area contributed by atoms with Gasteiger partial charge in [-0.3, -0.25) is 4.79 Å². The molecule has 6 heteroatoms. The van der Waals surface area contributed by atoms with E-state index in [0.717, 1.165) is 0 Å². The van der Waals surface area contributed by atoms with Crippen LogP contribution in [0.15, 0.2) is 36.4 Å². The molecule has 1 unspecified atom stereocenters. The van der Waals surface area contributed by atoms with Gasteiger partial charge in [0.15, 0.2) is 17.6 Å². The third-order valence-corrected chi connectivity index (χ3v) is 3.05. The number of ether oxygens (including phenoxy) is 2. The first-order chi connectivity index (χ1) is 10.1. The first-order valence-electron chi connectivity index (χ1n) is 6.13. The minimum atomic E-state index is -1.26. The minimum Gasteiger partial charge on any atom is -0.485 e. The minimum absolute atomic E-state index is 0.175. The van der Waals surface area contributed by atoms with E-state index in [1.807, 2.05) is 0 Å². The molecule has 1 atom stereocenters. The van der Waals surface area contributed by atoms with Gasteiger partial charge < -0.3 is 9.47 Å². The van der Waals surface area contributed by atoms with E-state index in [4.69, 9.17) is 9.47 Å². The maximum Gasteiger partial charge on any atom is 0.212 e. The number of fused-ring (bicyclic) bond motifs is 1. The topological polar surface area (TPSA) is 35.5 Å². The predicted octanol–water partition coefficient (Wildman–Crippen LogP) is 3.13. The monoisotopic (exact) mass is 294 g/mol. The van der Waals surface area contributed by atoms with Crippen molar-refractivity contribution in [1.29, 1.82) is 0 Å². The quantitative estimate of drug-likeness (QED) is 0.798. The number of benzene rings is 2. The summed E-state index contributed by atoms with van der Waals surface area (Å²) in [6, 6.07) is 7.53. The van der Waals surface area contributed by atoms with Gasteiger partial charge in [0.2, 0.25) is 5.78 Å². The summed E-state index contributed by atoms with van der Waals surface area (Å²) < 4.78 is 50.8. The van der Waals surface area contributed by atoms with Crippen molar-refractivity contribution in [1.82, 2.24) is 0 Å². The number of ketones is 1. The van der Waals surface area contributed by atoms with Crippen LogP contribution < -0.4 is 9.47 Å². The molecule has 0 N–H and O–H groups in total. The molecule has 0 aliphatic carbocycles. The molecular formula is C15H9F3O3. The van der Waals surface area contributed by atoms with Gasteiger partial charge in [-0.2, -0.15) is 0 Å². The molecule has 1 heterocycles. The van der Waals surface area contributed by atoms with E-state index in [-0.39, 0.29) is 6.61 Å². The van der Waals surface area contributed by atoms with Gasteiger partial charge in [-0.25, -0.2) is 13.2 Å². The van der Waals surface area contributed by atoms with Crippen molar-refractivity contribution in [3.63, 3.8) is 0 Å². The van der Waals surface area contributed by atoms with Gasteiger partial charge in [0.05, 0.1) is 5.56 Å². The fraction of sp³-hybridized carbons (Fsp3) is 0.133. The molecule has 1 aliphatic heterocycles. The Morgan fingerprint density at radius 3 is 2.33 bits per heavy atom. The van der Waals surface area contributed by atoms with Crippen LogP contribution in [0.2, 0.25) is 0 Å². The first kappa shape index (κ1) is 13.5. The standard InChI is InChI=1S/C15H9F3O3/c16-8-5-9(17)14(10(18)6-8)15(19)13-7-20-11-3-1-2-4-12(11)21-13/h1-6,13H,7H2. The van der Waals surface area contributed by atoms with Crippen molar-refractivity contribution < 1.29 is 27.4 Å². The SMILES string of the molecule is O=C(c1c(F)cc(F)cc1F)C1COc2ccccc2O1. The van der Waals surface area contributed by atoms with Crippen molar-refractivity contribution in [2.24, 2.45) is 0 Å². The molecule has 0 saturated heterocycles.